The van der Waals surface area contributed by atoms with E-state index in [4.69, 9.17) is 14.4 Å². The molecule has 0 aromatic heterocycles. The number of hydrogen-bond acceptors (Lipinski definition) is 1. The normalized spacial score (nSPS) is 4.00. The first-order valence-electron chi connectivity index (χ1n) is 1.58. The van der Waals surface area contributed by atoms with E-state index in [2.05, 4.69) is 0 Å². The Kier molecular flexibility index (Phi) is 75.0. The highest BCUT2D eigenvalue weighted by Gasteiger charge is 1.65. The number of hydrogen-bond donors (Lipinski definition) is 2. The summed E-state index contributed by atoms with van der Waals surface area (Å²) in [5, 5.41) is 0. The van der Waals surface area contributed by atoms with Gasteiger partial charge in [-0.1, -0.05) is 13.8 Å². The fraction of sp³-hybridized carbons (Fsp3) is 1.00. The first-order chi connectivity index (χ1) is 2.73. The summed E-state index contributed by atoms with van der Waals surface area (Å²) in [6.07, 6.45) is 0. The smallest absolute Gasteiger partial charge is 0.298 e. The monoisotopic (exact) mass is 183 g/mol. The third-order valence-electron chi connectivity index (χ3n) is 0. The van der Waals surface area contributed by atoms with E-state index in [-0.39, 0.29) is 24.8 Å². The molecule has 2 N–H and O–H groups in total. The van der Waals surface area contributed by atoms with Crippen molar-refractivity contribution < 1.29 is 14.4 Å². The second-order valence-corrected chi connectivity index (χ2v) is 0.758. The summed E-state index contributed by atoms with van der Waals surface area (Å²) in [5.74, 6) is 0. The lowest BCUT2D eigenvalue weighted by molar-refractivity contribution is 0.405. The number of halogens is 2. The molecule has 0 heterocycles. The SMILES string of the molecule is CC.Cl.Cl.O=[P](O)O. The molecule has 0 aliphatic heterocycles. The lowest BCUT2D eigenvalue weighted by atomic mass is 11.0. The van der Waals surface area contributed by atoms with Gasteiger partial charge in [-0.3, -0.25) is 9.79 Å². The van der Waals surface area contributed by atoms with Gasteiger partial charge < -0.3 is 0 Å². The van der Waals surface area contributed by atoms with Crippen molar-refractivity contribution in [2.45, 2.75) is 13.8 Å². The average molecular weight is 184 g/mol. The van der Waals surface area contributed by atoms with Crippen molar-refractivity contribution in [3.8, 4) is 0 Å². The fourth-order valence-electron chi connectivity index (χ4n) is 0. The van der Waals surface area contributed by atoms with Crippen molar-refractivity contribution in [3.05, 3.63) is 0 Å². The van der Waals surface area contributed by atoms with E-state index in [1.807, 2.05) is 13.8 Å². The molecule has 55 valence electrons. The van der Waals surface area contributed by atoms with E-state index < -0.39 is 8.25 Å². The van der Waals surface area contributed by atoms with Crippen LogP contribution in [-0.4, -0.2) is 9.79 Å². The van der Waals surface area contributed by atoms with Crippen molar-refractivity contribution in [2.24, 2.45) is 0 Å². The summed E-state index contributed by atoms with van der Waals surface area (Å²) >= 11 is 0. The zero-order valence-corrected chi connectivity index (χ0v) is 7.09. The van der Waals surface area contributed by atoms with Gasteiger partial charge in [0, 0.05) is 0 Å². The highest BCUT2D eigenvalue weighted by atomic mass is 35.5. The van der Waals surface area contributed by atoms with Crippen molar-refractivity contribution in [1.82, 2.24) is 0 Å². The molecule has 0 spiro atoms. The predicted molar refractivity (Wildman–Crippen MR) is 37.9 cm³/mol. The lowest BCUT2D eigenvalue weighted by Crippen LogP contribution is -1.38. The van der Waals surface area contributed by atoms with Gasteiger partial charge in [0.2, 0.25) is 0 Å². The molecule has 0 rings (SSSR count). The highest BCUT2D eigenvalue weighted by Crippen LogP contribution is 1.98. The molecule has 0 aliphatic rings. The van der Waals surface area contributed by atoms with Crippen LogP contribution >= 0.6 is 33.1 Å². The zero-order chi connectivity index (χ0) is 5.58. The summed E-state index contributed by atoms with van der Waals surface area (Å²) in [7, 11) is -2.87. The van der Waals surface area contributed by atoms with E-state index in [0.717, 1.165) is 0 Å². The van der Waals surface area contributed by atoms with Crippen LogP contribution in [0.2, 0.25) is 0 Å². The zero-order valence-electron chi connectivity index (χ0n) is 4.57. The van der Waals surface area contributed by atoms with E-state index in [1.54, 1.807) is 0 Å². The first kappa shape index (κ1) is 23.5. The largest absolute Gasteiger partial charge is 0.363 e. The third kappa shape index (κ3) is 575. The second kappa shape index (κ2) is 25.5. The van der Waals surface area contributed by atoms with Crippen molar-refractivity contribution in [3.63, 3.8) is 0 Å². The van der Waals surface area contributed by atoms with Gasteiger partial charge in [-0.05, 0) is 0 Å². The third-order valence-corrected chi connectivity index (χ3v) is 0. The van der Waals surface area contributed by atoms with Gasteiger partial charge in [-0.2, -0.15) is 0 Å². The summed E-state index contributed by atoms with van der Waals surface area (Å²) < 4.78 is 8.70. The van der Waals surface area contributed by atoms with Crippen molar-refractivity contribution in [2.75, 3.05) is 0 Å². The van der Waals surface area contributed by atoms with E-state index in [9.17, 15) is 0 Å². The molecule has 0 aromatic rings. The Morgan fingerprint density at radius 1 is 1.12 bits per heavy atom. The number of rotatable bonds is 0. The van der Waals surface area contributed by atoms with E-state index >= 15 is 0 Å². The molecule has 0 aliphatic carbocycles. The van der Waals surface area contributed by atoms with Crippen LogP contribution in [0.5, 0.6) is 0 Å². The summed E-state index contributed by atoms with van der Waals surface area (Å²) in [4.78, 5) is 14.2. The molecular formula is C2H10Cl2O3P. The van der Waals surface area contributed by atoms with Crippen LogP contribution in [-0.2, 0) is 4.57 Å². The van der Waals surface area contributed by atoms with Gasteiger partial charge in [-0.25, -0.2) is 4.57 Å². The van der Waals surface area contributed by atoms with Gasteiger partial charge in [0.25, 0.3) is 0 Å². The Morgan fingerprint density at radius 3 is 1.12 bits per heavy atom. The predicted octanol–water partition coefficient (Wildman–Crippen LogP) is 1.50. The van der Waals surface area contributed by atoms with Crippen LogP contribution in [0.15, 0.2) is 0 Å². The van der Waals surface area contributed by atoms with Gasteiger partial charge in [0.05, 0.1) is 0 Å². The molecule has 8 heavy (non-hydrogen) atoms. The quantitative estimate of drug-likeness (QED) is 0.560. The molecule has 0 unspecified atom stereocenters. The van der Waals surface area contributed by atoms with Crippen LogP contribution in [0.3, 0.4) is 0 Å². The van der Waals surface area contributed by atoms with E-state index in [0.29, 0.717) is 0 Å². The maximum absolute atomic E-state index is 8.70. The molecule has 0 saturated carbocycles. The van der Waals surface area contributed by atoms with Gasteiger partial charge >= 0.3 is 8.25 Å². The molecule has 0 fully saturated rings. The molecule has 0 amide bonds. The van der Waals surface area contributed by atoms with Crippen molar-refractivity contribution in [1.29, 1.82) is 0 Å². The average Bonchev–Trinajstić information content (AvgIpc) is 1.41. The summed E-state index contributed by atoms with van der Waals surface area (Å²) in [6, 6.07) is 0. The van der Waals surface area contributed by atoms with Gasteiger partial charge in [0.15, 0.2) is 0 Å². The van der Waals surface area contributed by atoms with Crippen LogP contribution in [0, 0.1) is 0 Å². The second-order valence-electron chi connectivity index (χ2n) is 0.253. The summed E-state index contributed by atoms with van der Waals surface area (Å²) in [6.45, 7) is 4.00. The Balaban J connectivity index is -0.0000000183. The molecular weight excluding hydrogens is 174 g/mol. The maximum Gasteiger partial charge on any atom is 0.363 e. The van der Waals surface area contributed by atoms with Crippen molar-refractivity contribution >= 4 is 33.1 Å². The minimum atomic E-state index is -2.87. The molecule has 3 nitrogen and oxygen atoms in total. The van der Waals surface area contributed by atoms with E-state index in [1.165, 1.54) is 0 Å². The molecule has 6 heteroatoms. The molecule has 1 radical (unpaired) electrons. The first-order valence-corrected chi connectivity index (χ1v) is 2.75. The standard InChI is InChI=1S/C2H6.2ClH.H2O3P/c1-2;;;1-4(2)3/h1-2H3;2*1H;(H2,1,2,3). The molecule has 0 bridgehead atoms. The fourth-order valence-corrected chi connectivity index (χ4v) is 0. The van der Waals surface area contributed by atoms with Crippen LogP contribution < -0.4 is 0 Å². The van der Waals surface area contributed by atoms with Crippen LogP contribution in [0.1, 0.15) is 13.8 Å². The Morgan fingerprint density at radius 2 is 1.12 bits per heavy atom. The molecule has 0 aromatic carbocycles. The lowest BCUT2D eigenvalue weighted by Gasteiger charge is -1.57. The van der Waals surface area contributed by atoms with Gasteiger partial charge in [-0.15, -0.1) is 24.8 Å². The Bertz CT molecular complexity index is 38.3. The van der Waals surface area contributed by atoms with Gasteiger partial charge in [0.1, 0.15) is 0 Å². The topological polar surface area (TPSA) is 57.5 Å². The summed E-state index contributed by atoms with van der Waals surface area (Å²) in [5.41, 5.74) is 0. The van der Waals surface area contributed by atoms with Crippen LogP contribution in [0.4, 0.5) is 0 Å². The molecule has 0 saturated heterocycles. The minimum Gasteiger partial charge on any atom is -0.298 e. The highest BCUT2D eigenvalue weighted by molar-refractivity contribution is 7.30. The maximum atomic E-state index is 8.70. The Hall–Kier alpha value is 0.600. The molecule has 0 atom stereocenters. The van der Waals surface area contributed by atoms with Crippen LogP contribution in [0.25, 0.3) is 0 Å². The minimum absolute atomic E-state index is 0. The Labute approximate surface area is 61.9 Å².